The van der Waals surface area contributed by atoms with Crippen LogP contribution in [0.5, 0.6) is 5.75 Å². The van der Waals surface area contributed by atoms with Crippen LogP contribution in [0.3, 0.4) is 0 Å². The normalized spacial score (nSPS) is 17.2. The molecule has 2 N–H and O–H groups in total. The highest BCUT2D eigenvalue weighted by molar-refractivity contribution is 5.90. The lowest BCUT2D eigenvalue weighted by Crippen LogP contribution is -2.40. The highest BCUT2D eigenvalue weighted by Crippen LogP contribution is 2.34. The lowest BCUT2D eigenvalue weighted by atomic mass is 9.96. The maximum Gasteiger partial charge on any atom is 0.407 e. The Morgan fingerprint density at radius 1 is 1.11 bits per heavy atom. The van der Waals surface area contributed by atoms with E-state index in [2.05, 4.69) is 73.1 Å². The number of fused-ring (bicyclic) bond motifs is 2. The summed E-state index contributed by atoms with van der Waals surface area (Å²) in [7, 11) is 0. The van der Waals surface area contributed by atoms with Gasteiger partial charge in [0.1, 0.15) is 5.60 Å². The summed E-state index contributed by atoms with van der Waals surface area (Å²) in [6, 6.07) is 8.40. The predicted octanol–water partition coefficient (Wildman–Crippen LogP) is 6.14. The Labute approximate surface area is 258 Å². The molecule has 0 spiro atoms. The molecule has 1 fully saturated rings. The average molecular weight is 596 g/mol. The van der Waals surface area contributed by atoms with Gasteiger partial charge in [-0.3, -0.25) is 4.98 Å². The summed E-state index contributed by atoms with van der Waals surface area (Å²) in [6.45, 7) is 9.22. The van der Waals surface area contributed by atoms with Crippen LogP contribution in [0, 0.1) is 11.8 Å². The third-order valence-electron chi connectivity index (χ3n) is 8.02. The van der Waals surface area contributed by atoms with Gasteiger partial charge in [-0.1, -0.05) is 30.4 Å². The van der Waals surface area contributed by atoms with Crippen molar-refractivity contribution in [2.75, 3.05) is 36.5 Å². The molecule has 2 aliphatic rings. The summed E-state index contributed by atoms with van der Waals surface area (Å²) in [6.07, 6.45) is 18.4. The molecule has 230 valence electrons. The maximum atomic E-state index is 12.1. The van der Waals surface area contributed by atoms with E-state index in [1.807, 2.05) is 45.4 Å². The van der Waals surface area contributed by atoms with Crippen molar-refractivity contribution < 1.29 is 14.3 Å². The molecule has 1 atom stereocenters. The topological polar surface area (TPSA) is 106 Å². The van der Waals surface area contributed by atoms with Gasteiger partial charge in [-0.2, -0.15) is 5.10 Å². The van der Waals surface area contributed by atoms with E-state index < -0.39 is 5.60 Å². The van der Waals surface area contributed by atoms with E-state index in [0.29, 0.717) is 37.3 Å². The Kier molecular flexibility index (Phi) is 8.67. The van der Waals surface area contributed by atoms with E-state index in [-0.39, 0.29) is 6.09 Å². The molecule has 0 bridgehead atoms. The Balaban J connectivity index is 1.11. The molecule has 1 aliphatic heterocycles. The molecular weight excluding hydrogens is 554 g/mol. The molecule has 3 aromatic heterocycles. The maximum absolute atomic E-state index is 12.1. The molecule has 1 aromatic carbocycles. The second-order valence-electron chi connectivity index (χ2n) is 12.6. The van der Waals surface area contributed by atoms with Gasteiger partial charge in [-0.05, 0) is 64.2 Å². The number of alkyl carbamates (subject to hydrolysis) is 1. The van der Waals surface area contributed by atoms with Crippen LogP contribution in [-0.4, -0.2) is 57.5 Å². The first-order valence-electron chi connectivity index (χ1n) is 15.4. The summed E-state index contributed by atoms with van der Waals surface area (Å²) in [5, 5.41) is 12.3. The highest BCUT2D eigenvalue weighted by atomic mass is 16.6. The third kappa shape index (κ3) is 7.30. The summed E-state index contributed by atoms with van der Waals surface area (Å²) in [5.41, 5.74) is 4.44. The molecule has 0 radical (unpaired) electrons. The van der Waals surface area contributed by atoms with E-state index in [1.165, 1.54) is 0 Å². The number of anilines is 2. The highest BCUT2D eigenvalue weighted by Gasteiger charge is 2.24. The molecule has 6 rings (SSSR count). The Morgan fingerprint density at radius 3 is 2.77 bits per heavy atom. The van der Waals surface area contributed by atoms with Gasteiger partial charge in [-0.25, -0.2) is 14.3 Å². The minimum absolute atomic E-state index is 0.354. The molecule has 4 heterocycles. The Bertz CT molecular complexity index is 1660. The van der Waals surface area contributed by atoms with Crippen molar-refractivity contribution in [3.8, 4) is 5.75 Å². The summed E-state index contributed by atoms with van der Waals surface area (Å²) >= 11 is 0. The van der Waals surface area contributed by atoms with Gasteiger partial charge in [-0.15, -0.1) is 0 Å². The first-order valence-corrected chi connectivity index (χ1v) is 15.4. The number of aromatic nitrogens is 4. The number of allylic oxidation sites excluding steroid dienone is 3. The first kappa shape index (κ1) is 29.5. The molecule has 10 heteroatoms. The number of nitrogens with zero attached hydrogens (tertiary/aromatic N) is 5. The lowest BCUT2D eigenvalue weighted by Gasteiger charge is -2.35. The van der Waals surface area contributed by atoms with Crippen LogP contribution in [-0.2, 0) is 11.3 Å². The molecule has 1 unspecified atom stereocenters. The third-order valence-corrected chi connectivity index (χ3v) is 8.02. The summed E-state index contributed by atoms with van der Waals surface area (Å²) in [4.78, 5) is 23.8. The van der Waals surface area contributed by atoms with Crippen molar-refractivity contribution in [1.82, 2.24) is 24.9 Å². The van der Waals surface area contributed by atoms with Crippen LogP contribution in [0.15, 0.2) is 73.4 Å². The fourth-order valence-electron chi connectivity index (χ4n) is 5.69. The molecule has 1 amide bonds. The van der Waals surface area contributed by atoms with Gasteiger partial charge < -0.3 is 25.0 Å². The fraction of sp³-hybridized carbons (Fsp3) is 0.412. The number of piperidine rings is 1. The molecule has 1 saturated heterocycles. The van der Waals surface area contributed by atoms with Gasteiger partial charge in [0.25, 0.3) is 0 Å². The molecule has 10 nitrogen and oxygen atoms in total. The van der Waals surface area contributed by atoms with Crippen LogP contribution in [0.4, 0.5) is 16.2 Å². The van der Waals surface area contributed by atoms with Crippen LogP contribution < -0.4 is 20.3 Å². The monoisotopic (exact) mass is 595 g/mol. The molecule has 44 heavy (non-hydrogen) atoms. The van der Waals surface area contributed by atoms with E-state index >= 15 is 0 Å². The Morgan fingerprint density at radius 2 is 1.98 bits per heavy atom. The number of carbonyl (C=O) groups is 1. The minimum atomic E-state index is -0.498. The number of rotatable bonds is 9. The summed E-state index contributed by atoms with van der Waals surface area (Å²) in [5.74, 6) is 1.49. The number of benzene rings is 1. The SMILES string of the molecule is CC(C)(C)OC(=O)NCC1CCN(c2cc3ncccc3cc2NCc2cnn3cc(OCC4C=CC=CC4)cnc23)CC1. The van der Waals surface area contributed by atoms with Crippen molar-refractivity contribution in [3.05, 3.63) is 78.9 Å². The number of hydrogen-bond acceptors (Lipinski definition) is 8. The molecular formula is C34H41N7O3. The largest absolute Gasteiger partial charge is 0.490 e. The van der Waals surface area contributed by atoms with E-state index in [0.717, 1.165) is 65.8 Å². The van der Waals surface area contributed by atoms with Crippen molar-refractivity contribution in [3.63, 3.8) is 0 Å². The average Bonchev–Trinajstić information content (AvgIpc) is 3.43. The van der Waals surface area contributed by atoms with Crippen LogP contribution in [0.1, 0.15) is 45.6 Å². The predicted molar refractivity (Wildman–Crippen MR) is 173 cm³/mol. The van der Waals surface area contributed by atoms with Crippen LogP contribution in [0.25, 0.3) is 16.6 Å². The van der Waals surface area contributed by atoms with Crippen molar-refractivity contribution in [1.29, 1.82) is 0 Å². The fourth-order valence-corrected chi connectivity index (χ4v) is 5.69. The van der Waals surface area contributed by atoms with E-state index in [1.54, 1.807) is 10.7 Å². The number of hydrogen-bond donors (Lipinski definition) is 2. The zero-order chi connectivity index (χ0) is 30.5. The molecule has 4 aromatic rings. The van der Waals surface area contributed by atoms with E-state index in [4.69, 9.17) is 9.47 Å². The number of pyridine rings is 1. The Hall–Kier alpha value is -4.60. The smallest absolute Gasteiger partial charge is 0.407 e. The second kappa shape index (κ2) is 13.0. The second-order valence-corrected chi connectivity index (χ2v) is 12.6. The van der Waals surface area contributed by atoms with E-state index in [9.17, 15) is 4.79 Å². The van der Waals surface area contributed by atoms with Gasteiger partial charge in [0.2, 0.25) is 0 Å². The van der Waals surface area contributed by atoms with Crippen molar-refractivity contribution in [2.45, 2.75) is 52.2 Å². The van der Waals surface area contributed by atoms with Gasteiger partial charge in [0, 0.05) is 49.2 Å². The zero-order valence-corrected chi connectivity index (χ0v) is 25.7. The number of amides is 1. The quantitative estimate of drug-likeness (QED) is 0.238. The molecule has 0 saturated carbocycles. The summed E-state index contributed by atoms with van der Waals surface area (Å²) < 4.78 is 13.2. The lowest BCUT2D eigenvalue weighted by molar-refractivity contribution is 0.0517. The van der Waals surface area contributed by atoms with Crippen molar-refractivity contribution in [2.24, 2.45) is 11.8 Å². The zero-order valence-electron chi connectivity index (χ0n) is 25.7. The van der Waals surface area contributed by atoms with Gasteiger partial charge in [0.05, 0.1) is 42.1 Å². The van der Waals surface area contributed by atoms with Crippen LogP contribution >= 0.6 is 0 Å². The molecule has 1 aliphatic carbocycles. The minimum Gasteiger partial charge on any atom is -0.490 e. The van der Waals surface area contributed by atoms with Crippen LogP contribution in [0.2, 0.25) is 0 Å². The van der Waals surface area contributed by atoms with Gasteiger partial charge >= 0.3 is 6.09 Å². The first-order chi connectivity index (χ1) is 21.3. The van der Waals surface area contributed by atoms with Crippen molar-refractivity contribution >= 4 is 34.0 Å². The number of ether oxygens (including phenoxy) is 2. The van der Waals surface area contributed by atoms with Gasteiger partial charge in [0.15, 0.2) is 11.4 Å². The standard InChI is InChI=1S/C34H41N7O3/c1-34(2,3)44-33(42)38-18-24-11-14-40(15-12-24)31-17-29-26(10-7-13-35-29)16-30(31)36-19-27-20-39-41-22-28(21-37-32(27)41)43-23-25-8-5-4-6-9-25/h4-8,10,13,16-17,20-22,24-25,36H,9,11-12,14-15,18-19,23H2,1-3H3,(H,38,42). The number of nitrogens with one attached hydrogen (secondary N) is 2. The number of carbonyl (C=O) groups excluding carboxylic acids is 1.